The molecule has 2 heterocycles. The summed E-state index contributed by atoms with van der Waals surface area (Å²) in [5.74, 6) is 1.45. The molecule has 0 aliphatic carbocycles. The third-order valence-corrected chi connectivity index (χ3v) is 5.62. The Morgan fingerprint density at radius 2 is 2.14 bits per heavy atom. The van der Waals surface area contributed by atoms with Crippen LogP contribution in [0.3, 0.4) is 0 Å². The summed E-state index contributed by atoms with van der Waals surface area (Å²) in [5.41, 5.74) is 1.79. The molecule has 28 heavy (non-hydrogen) atoms. The van der Waals surface area contributed by atoms with Crippen molar-refractivity contribution in [2.75, 3.05) is 20.8 Å². The van der Waals surface area contributed by atoms with Crippen molar-refractivity contribution in [3.63, 3.8) is 0 Å². The van der Waals surface area contributed by atoms with Crippen molar-refractivity contribution in [2.24, 2.45) is 0 Å². The molecular weight excluding hydrogens is 374 g/mol. The van der Waals surface area contributed by atoms with Crippen LogP contribution in [0.1, 0.15) is 23.5 Å². The third kappa shape index (κ3) is 3.93. The van der Waals surface area contributed by atoms with E-state index in [0.29, 0.717) is 43.6 Å². The molecule has 0 spiro atoms. The van der Waals surface area contributed by atoms with Crippen LogP contribution in [0.15, 0.2) is 29.1 Å². The standard InChI is InChI=1S/C21H23N3O3S/c1-14-18(15-7-6-8-16(13-15)27-3)19-20(28-14)23-17(9-12-26-2)24(21(19)25)11-5-4-10-22/h6-8,13H,4-5,9,11-12H2,1-3H3. The average Bonchev–Trinajstić information content (AvgIpc) is 3.04. The fraction of sp³-hybridized carbons (Fsp3) is 0.381. The molecule has 6 nitrogen and oxygen atoms in total. The minimum atomic E-state index is -0.0591. The molecule has 0 unspecified atom stereocenters. The molecule has 3 aromatic rings. The molecular formula is C21H23N3O3S. The largest absolute Gasteiger partial charge is 0.497 e. The van der Waals surface area contributed by atoms with Gasteiger partial charge in [0.05, 0.1) is 25.2 Å². The number of rotatable bonds is 8. The van der Waals surface area contributed by atoms with E-state index < -0.39 is 0 Å². The normalized spacial score (nSPS) is 10.9. The van der Waals surface area contributed by atoms with Gasteiger partial charge in [0.15, 0.2) is 0 Å². The van der Waals surface area contributed by atoms with Crippen LogP contribution in [0.5, 0.6) is 5.75 Å². The lowest BCUT2D eigenvalue weighted by Crippen LogP contribution is -2.26. The van der Waals surface area contributed by atoms with E-state index in [1.807, 2.05) is 31.2 Å². The van der Waals surface area contributed by atoms with E-state index in [4.69, 9.17) is 19.7 Å². The molecule has 0 bridgehead atoms. The highest BCUT2D eigenvalue weighted by Gasteiger charge is 2.20. The number of fused-ring (bicyclic) bond motifs is 1. The highest BCUT2D eigenvalue weighted by atomic mass is 32.1. The molecule has 0 N–H and O–H groups in total. The van der Waals surface area contributed by atoms with Crippen LogP contribution >= 0.6 is 11.3 Å². The second kappa shape index (κ2) is 9.00. The van der Waals surface area contributed by atoms with E-state index in [9.17, 15) is 4.79 Å². The average molecular weight is 398 g/mol. The fourth-order valence-corrected chi connectivity index (χ4v) is 4.35. The number of hydrogen-bond donors (Lipinski definition) is 0. The van der Waals surface area contributed by atoms with Crippen molar-refractivity contribution in [2.45, 2.75) is 32.7 Å². The molecule has 0 aliphatic heterocycles. The maximum absolute atomic E-state index is 13.4. The number of thiophene rings is 1. The summed E-state index contributed by atoms with van der Waals surface area (Å²) in [4.78, 5) is 20.0. The first-order chi connectivity index (χ1) is 13.6. The van der Waals surface area contributed by atoms with Gasteiger partial charge in [-0.05, 0) is 31.0 Å². The maximum atomic E-state index is 13.4. The second-order valence-electron chi connectivity index (χ2n) is 6.43. The minimum Gasteiger partial charge on any atom is -0.497 e. The summed E-state index contributed by atoms with van der Waals surface area (Å²) in [5, 5.41) is 9.49. The van der Waals surface area contributed by atoms with Gasteiger partial charge in [0.1, 0.15) is 16.4 Å². The van der Waals surface area contributed by atoms with E-state index in [1.165, 1.54) is 11.3 Å². The smallest absolute Gasteiger partial charge is 0.262 e. The Kier molecular flexibility index (Phi) is 6.45. The predicted molar refractivity (Wildman–Crippen MR) is 111 cm³/mol. The topological polar surface area (TPSA) is 77.1 Å². The lowest BCUT2D eigenvalue weighted by atomic mass is 10.0. The number of benzene rings is 1. The Balaban J connectivity index is 2.21. The van der Waals surface area contributed by atoms with E-state index >= 15 is 0 Å². The zero-order chi connectivity index (χ0) is 20.1. The van der Waals surface area contributed by atoms with Crippen molar-refractivity contribution < 1.29 is 9.47 Å². The van der Waals surface area contributed by atoms with Crippen LogP contribution in [-0.2, 0) is 17.7 Å². The van der Waals surface area contributed by atoms with Crippen molar-refractivity contribution in [3.8, 4) is 22.9 Å². The molecule has 2 aromatic heterocycles. The molecule has 146 valence electrons. The van der Waals surface area contributed by atoms with Crippen LogP contribution in [0.2, 0.25) is 0 Å². The van der Waals surface area contributed by atoms with Gasteiger partial charge in [-0.3, -0.25) is 9.36 Å². The first-order valence-electron chi connectivity index (χ1n) is 9.13. The van der Waals surface area contributed by atoms with Crippen molar-refractivity contribution in [3.05, 3.63) is 45.3 Å². The summed E-state index contributed by atoms with van der Waals surface area (Å²) in [6.45, 7) is 2.97. The first kappa shape index (κ1) is 20.1. The molecule has 0 saturated carbocycles. The van der Waals surface area contributed by atoms with Crippen LogP contribution < -0.4 is 10.3 Å². The number of methoxy groups -OCH3 is 2. The van der Waals surface area contributed by atoms with Gasteiger partial charge in [-0.1, -0.05) is 12.1 Å². The first-order valence-corrected chi connectivity index (χ1v) is 9.95. The molecule has 3 rings (SSSR count). The molecule has 0 amide bonds. The number of aryl methyl sites for hydroxylation is 1. The van der Waals surface area contributed by atoms with Gasteiger partial charge in [-0.25, -0.2) is 4.98 Å². The minimum absolute atomic E-state index is 0.0591. The molecule has 0 radical (unpaired) electrons. The Morgan fingerprint density at radius 3 is 2.86 bits per heavy atom. The number of aromatic nitrogens is 2. The Bertz CT molecular complexity index is 1080. The molecule has 0 saturated heterocycles. The summed E-state index contributed by atoms with van der Waals surface area (Å²) in [7, 11) is 3.26. The lowest BCUT2D eigenvalue weighted by Gasteiger charge is -2.12. The van der Waals surface area contributed by atoms with Crippen LogP contribution in [0.4, 0.5) is 0 Å². The third-order valence-electron chi connectivity index (χ3n) is 4.63. The summed E-state index contributed by atoms with van der Waals surface area (Å²) < 4.78 is 12.2. The zero-order valence-electron chi connectivity index (χ0n) is 16.3. The number of ether oxygens (including phenoxy) is 2. The van der Waals surface area contributed by atoms with E-state index in [-0.39, 0.29) is 5.56 Å². The molecule has 0 aliphatic rings. The number of unbranched alkanes of at least 4 members (excludes halogenated alkanes) is 1. The lowest BCUT2D eigenvalue weighted by molar-refractivity contribution is 0.199. The molecule has 0 atom stereocenters. The van der Waals surface area contributed by atoms with Gasteiger partial charge in [0, 0.05) is 36.9 Å². The number of hydrogen-bond acceptors (Lipinski definition) is 6. The van der Waals surface area contributed by atoms with Crippen LogP contribution in [0.25, 0.3) is 21.3 Å². The Morgan fingerprint density at radius 1 is 1.32 bits per heavy atom. The monoisotopic (exact) mass is 397 g/mol. The summed E-state index contributed by atoms with van der Waals surface area (Å²) in [6.07, 6.45) is 1.57. The van der Waals surface area contributed by atoms with Crippen LogP contribution in [-0.4, -0.2) is 30.4 Å². The van der Waals surface area contributed by atoms with Crippen molar-refractivity contribution in [1.29, 1.82) is 5.26 Å². The van der Waals surface area contributed by atoms with E-state index in [0.717, 1.165) is 26.6 Å². The van der Waals surface area contributed by atoms with E-state index in [1.54, 1.807) is 18.8 Å². The Labute approximate surface area is 168 Å². The quantitative estimate of drug-likeness (QED) is 0.538. The Hall–Kier alpha value is -2.69. The number of nitriles is 1. The fourth-order valence-electron chi connectivity index (χ4n) is 3.29. The van der Waals surface area contributed by atoms with Gasteiger partial charge >= 0.3 is 0 Å². The molecule has 7 heteroatoms. The maximum Gasteiger partial charge on any atom is 0.262 e. The SMILES string of the molecule is COCCc1nc2sc(C)c(-c3cccc(OC)c3)c2c(=O)n1CCCC#N. The highest BCUT2D eigenvalue weighted by molar-refractivity contribution is 7.19. The van der Waals surface area contributed by atoms with Gasteiger partial charge < -0.3 is 9.47 Å². The zero-order valence-corrected chi connectivity index (χ0v) is 17.1. The summed E-state index contributed by atoms with van der Waals surface area (Å²) >= 11 is 1.53. The molecule has 1 aromatic carbocycles. The second-order valence-corrected chi connectivity index (χ2v) is 7.64. The van der Waals surface area contributed by atoms with Crippen molar-refractivity contribution >= 4 is 21.6 Å². The van der Waals surface area contributed by atoms with Gasteiger partial charge in [0.2, 0.25) is 0 Å². The summed E-state index contributed by atoms with van der Waals surface area (Å²) in [6, 6.07) is 9.86. The number of nitrogens with zero attached hydrogens (tertiary/aromatic N) is 3. The van der Waals surface area contributed by atoms with Crippen molar-refractivity contribution in [1.82, 2.24) is 9.55 Å². The molecule has 0 fully saturated rings. The van der Waals surface area contributed by atoms with Gasteiger partial charge in [-0.15, -0.1) is 11.3 Å². The highest BCUT2D eigenvalue weighted by Crippen LogP contribution is 2.37. The van der Waals surface area contributed by atoms with Crippen LogP contribution in [0, 0.1) is 18.3 Å². The van der Waals surface area contributed by atoms with Gasteiger partial charge in [-0.2, -0.15) is 5.26 Å². The van der Waals surface area contributed by atoms with E-state index in [2.05, 4.69) is 6.07 Å². The predicted octanol–water partition coefficient (Wildman–Crippen LogP) is 3.93. The van der Waals surface area contributed by atoms with Gasteiger partial charge in [0.25, 0.3) is 5.56 Å².